The molecule has 2 aromatic carbocycles. The van der Waals surface area contributed by atoms with Gasteiger partial charge in [0.15, 0.2) is 0 Å². The molecule has 1 unspecified atom stereocenters. The summed E-state index contributed by atoms with van der Waals surface area (Å²) in [7, 11) is 1.69. The van der Waals surface area contributed by atoms with E-state index in [0.29, 0.717) is 5.69 Å². The van der Waals surface area contributed by atoms with Crippen LogP contribution in [0.4, 0.5) is 15.8 Å². The highest BCUT2D eigenvalue weighted by Crippen LogP contribution is 2.24. The second kappa shape index (κ2) is 9.35. The minimum absolute atomic E-state index is 0.0560. The summed E-state index contributed by atoms with van der Waals surface area (Å²) in [5.74, 6) is -0.939. The number of nitrogens with one attached hydrogen (secondary N) is 2. The van der Waals surface area contributed by atoms with Gasteiger partial charge in [0, 0.05) is 10.6 Å². The van der Waals surface area contributed by atoms with Crippen molar-refractivity contribution in [3.05, 3.63) is 54.3 Å². The third-order valence-electron chi connectivity index (χ3n) is 3.91. The maximum Gasteiger partial charge on any atom is 0.241 e. The Morgan fingerprint density at radius 2 is 1.88 bits per heavy atom. The molecule has 138 valence electrons. The number of carbonyl (C=O) groups is 2. The van der Waals surface area contributed by atoms with Gasteiger partial charge in [0.05, 0.1) is 18.3 Å². The molecule has 0 saturated carbocycles. The molecule has 0 fully saturated rings. The summed E-state index contributed by atoms with van der Waals surface area (Å²) in [5, 5.41) is 5.51. The predicted octanol–water partition coefficient (Wildman–Crippen LogP) is 3.45. The van der Waals surface area contributed by atoms with Crippen LogP contribution in [0.25, 0.3) is 0 Å². The third kappa shape index (κ3) is 5.57. The number of halogens is 1. The third-order valence-corrected chi connectivity index (χ3v) is 4.70. The molecule has 2 amide bonds. The van der Waals surface area contributed by atoms with E-state index in [9.17, 15) is 14.0 Å². The summed E-state index contributed by atoms with van der Waals surface area (Å²) in [4.78, 5) is 27.2. The average molecular weight is 375 g/mol. The second-order valence-electron chi connectivity index (χ2n) is 5.84. The summed E-state index contributed by atoms with van der Waals surface area (Å²) < 4.78 is 13.2. The quantitative estimate of drug-likeness (QED) is 0.728. The number of amides is 2. The maximum absolute atomic E-state index is 13.2. The van der Waals surface area contributed by atoms with Gasteiger partial charge >= 0.3 is 0 Å². The van der Waals surface area contributed by atoms with Crippen LogP contribution in [0.5, 0.6) is 0 Å². The van der Waals surface area contributed by atoms with Crippen molar-refractivity contribution in [2.45, 2.75) is 17.9 Å². The van der Waals surface area contributed by atoms with Gasteiger partial charge in [-0.2, -0.15) is 0 Å². The van der Waals surface area contributed by atoms with Gasteiger partial charge in [-0.3, -0.25) is 14.5 Å². The number of nitrogens with zero attached hydrogens (tertiary/aromatic N) is 1. The van der Waals surface area contributed by atoms with Gasteiger partial charge in [0.25, 0.3) is 0 Å². The van der Waals surface area contributed by atoms with Crippen LogP contribution < -0.4 is 10.6 Å². The Hall–Kier alpha value is -2.38. The Bertz CT molecular complexity index is 785. The molecular weight excluding hydrogens is 353 g/mol. The predicted molar refractivity (Wildman–Crippen MR) is 104 cm³/mol. The van der Waals surface area contributed by atoms with E-state index in [1.165, 1.54) is 18.2 Å². The Morgan fingerprint density at radius 3 is 2.58 bits per heavy atom. The van der Waals surface area contributed by atoms with Gasteiger partial charge in [0.1, 0.15) is 5.82 Å². The first kappa shape index (κ1) is 19.9. The van der Waals surface area contributed by atoms with Crippen LogP contribution in [0.1, 0.15) is 6.92 Å². The molecule has 2 N–H and O–H groups in total. The first-order valence-electron chi connectivity index (χ1n) is 8.10. The zero-order valence-corrected chi connectivity index (χ0v) is 15.8. The largest absolute Gasteiger partial charge is 0.325 e. The van der Waals surface area contributed by atoms with Gasteiger partial charge < -0.3 is 10.6 Å². The van der Waals surface area contributed by atoms with E-state index < -0.39 is 11.9 Å². The molecule has 5 nitrogen and oxygen atoms in total. The van der Waals surface area contributed by atoms with E-state index in [2.05, 4.69) is 10.6 Å². The fourth-order valence-electron chi connectivity index (χ4n) is 2.31. The lowest BCUT2D eigenvalue weighted by Crippen LogP contribution is -2.43. The molecule has 0 aliphatic heterocycles. The fourth-order valence-corrected chi connectivity index (χ4v) is 2.87. The lowest BCUT2D eigenvalue weighted by atomic mass is 10.2. The number of benzene rings is 2. The molecule has 7 heteroatoms. The Labute approximate surface area is 157 Å². The van der Waals surface area contributed by atoms with Crippen molar-refractivity contribution in [3.63, 3.8) is 0 Å². The number of hydrogen-bond acceptors (Lipinski definition) is 4. The number of rotatable bonds is 7. The Morgan fingerprint density at radius 1 is 1.15 bits per heavy atom. The SMILES string of the molecule is CSc1ccccc1NC(=O)CN(C)C(C)C(=O)Nc1cccc(F)c1. The smallest absolute Gasteiger partial charge is 0.241 e. The highest BCUT2D eigenvalue weighted by Gasteiger charge is 2.20. The number of likely N-dealkylation sites (N-methyl/N-ethyl adjacent to an activating group) is 1. The Balaban J connectivity index is 1.92. The molecular formula is C19H22FN3O2S. The van der Waals surface area contributed by atoms with Crippen molar-refractivity contribution in [2.75, 3.05) is 30.5 Å². The highest BCUT2D eigenvalue weighted by atomic mass is 32.2. The topological polar surface area (TPSA) is 61.4 Å². The molecule has 2 rings (SSSR count). The normalized spacial score (nSPS) is 11.9. The van der Waals surface area contributed by atoms with Crippen LogP contribution in [-0.4, -0.2) is 42.6 Å². The zero-order valence-electron chi connectivity index (χ0n) is 15.0. The van der Waals surface area contributed by atoms with Crippen molar-refractivity contribution >= 4 is 35.0 Å². The molecule has 0 aliphatic rings. The fraction of sp³-hybridized carbons (Fsp3) is 0.263. The van der Waals surface area contributed by atoms with E-state index >= 15 is 0 Å². The van der Waals surface area contributed by atoms with Crippen LogP contribution in [0, 0.1) is 5.82 Å². The number of carbonyl (C=O) groups excluding carboxylic acids is 2. The Kier molecular flexibility index (Phi) is 7.17. The van der Waals surface area contributed by atoms with E-state index in [-0.39, 0.29) is 18.4 Å². The van der Waals surface area contributed by atoms with Crippen LogP contribution in [0.2, 0.25) is 0 Å². The molecule has 0 spiro atoms. The first-order valence-corrected chi connectivity index (χ1v) is 9.32. The lowest BCUT2D eigenvalue weighted by Gasteiger charge is -2.23. The number of para-hydroxylation sites is 1. The second-order valence-corrected chi connectivity index (χ2v) is 6.69. The number of thioether (sulfide) groups is 1. The van der Waals surface area contributed by atoms with E-state index in [1.54, 1.807) is 36.7 Å². The molecule has 26 heavy (non-hydrogen) atoms. The van der Waals surface area contributed by atoms with Crippen LogP contribution in [0.15, 0.2) is 53.4 Å². The molecule has 0 heterocycles. The summed E-state index contributed by atoms with van der Waals surface area (Å²) in [6, 6.07) is 12.7. The minimum atomic E-state index is -0.556. The molecule has 0 radical (unpaired) electrons. The summed E-state index contributed by atoms with van der Waals surface area (Å²) >= 11 is 1.55. The lowest BCUT2D eigenvalue weighted by molar-refractivity contribution is -0.122. The van der Waals surface area contributed by atoms with Crippen LogP contribution >= 0.6 is 11.8 Å². The average Bonchev–Trinajstić information content (AvgIpc) is 2.61. The van der Waals surface area contributed by atoms with Crippen molar-refractivity contribution in [1.29, 1.82) is 0 Å². The van der Waals surface area contributed by atoms with Gasteiger partial charge in [-0.05, 0) is 50.6 Å². The van der Waals surface area contributed by atoms with Crippen molar-refractivity contribution < 1.29 is 14.0 Å². The minimum Gasteiger partial charge on any atom is -0.325 e. The van der Waals surface area contributed by atoms with Crippen molar-refractivity contribution in [2.24, 2.45) is 0 Å². The standard InChI is InChI=1S/C19H22FN3O2S/c1-13(19(25)21-15-8-6-7-14(20)11-15)23(2)12-18(24)22-16-9-4-5-10-17(16)26-3/h4-11,13H,12H2,1-3H3,(H,21,25)(H,22,24). The number of hydrogen-bond donors (Lipinski definition) is 2. The van der Waals surface area contributed by atoms with Gasteiger partial charge in [-0.15, -0.1) is 11.8 Å². The first-order chi connectivity index (χ1) is 12.4. The molecule has 0 bridgehead atoms. The molecule has 0 aromatic heterocycles. The molecule has 2 aromatic rings. The van der Waals surface area contributed by atoms with E-state index in [4.69, 9.17) is 0 Å². The highest BCUT2D eigenvalue weighted by molar-refractivity contribution is 7.98. The molecule has 0 saturated heterocycles. The molecule has 0 aliphatic carbocycles. The summed E-state index contributed by atoms with van der Waals surface area (Å²) in [5.41, 5.74) is 1.13. The zero-order chi connectivity index (χ0) is 19.1. The van der Waals surface area contributed by atoms with Gasteiger partial charge in [0.2, 0.25) is 11.8 Å². The number of anilines is 2. The van der Waals surface area contributed by atoms with Gasteiger partial charge in [-0.25, -0.2) is 4.39 Å². The molecule has 1 atom stereocenters. The van der Waals surface area contributed by atoms with Gasteiger partial charge in [-0.1, -0.05) is 18.2 Å². The van der Waals surface area contributed by atoms with Crippen LogP contribution in [0.3, 0.4) is 0 Å². The monoisotopic (exact) mass is 375 g/mol. The van der Waals surface area contributed by atoms with Crippen LogP contribution in [-0.2, 0) is 9.59 Å². The van der Waals surface area contributed by atoms with E-state index in [1.807, 2.05) is 30.5 Å². The van der Waals surface area contributed by atoms with Crippen molar-refractivity contribution in [1.82, 2.24) is 4.90 Å². The van der Waals surface area contributed by atoms with Crippen molar-refractivity contribution in [3.8, 4) is 0 Å². The summed E-state index contributed by atoms with van der Waals surface area (Å²) in [6.45, 7) is 1.75. The summed E-state index contributed by atoms with van der Waals surface area (Å²) in [6.07, 6.45) is 1.94. The maximum atomic E-state index is 13.2. The van der Waals surface area contributed by atoms with E-state index in [0.717, 1.165) is 10.6 Å².